The van der Waals surface area contributed by atoms with Crippen molar-refractivity contribution in [3.05, 3.63) is 41.0 Å². The van der Waals surface area contributed by atoms with E-state index in [-0.39, 0.29) is 23.3 Å². The van der Waals surface area contributed by atoms with E-state index in [1.807, 2.05) is 7.05 Å². The molecule has 4 nitrogen and oxygen atoms in total. The van der Waals surface area contributed by atoms with Gasteiger partial charge in [0.2, 0.25) is 0 Å². The van der Waals surface area contributed by atoms with Crippen LogP contribution in [-0.2, 0) is 12.8 Å². The maximum Gasteiger partial charge on any atom is 0.573 e. The van der Waals surface area contributed by atoms with E-state index in [4.69, 9.17) is 0 Å². The minimum atomic E-state index is -4.79. The molecular formula is C18H16F3NO3. The number of phenols is 2. The molecule has 2 aromatic carbocycles. The Balaban J connectivity index is 1.98. The van der Waals surface area contributed by atoms with E-state index >= 15 is 0 Å². The van der Waals surface area contributed by atoms with Crippen molar-refractivity contribution in [3.63, 3.8) is 0 Å². The number of ether oxygens (including phenoxy) is 1. The quantitative estimate of drug-likeness (QED) is 0.769. The number of fused-ring (bicyclic) bond motifs is 2. The number of alkyl halides is 3. The molecular weight excluding hydrogens is 335 g/mol. The number of aromatic hydroxyl groups is 2. The zero-order valence-electron chi connectivity index (χ0n) is 13.4. The van der Waals surface area contributed by atoms with Crippen molar-refractivity contribution in [1.82, 2.24) is 4.90 Å². The number of phenolic OH excluding ortho intramolecular Hbond substituents is 2. The molecule has 1 aliphatic heterocycles. The Labute approximate surface area is 142 Å². The van der Waals surface area contributed by atoms with Crippen LogP contribution in [0.1, 0.15) is 22.7 Å². The van der Waals surface area contributed by atoms with Gasteiger partial charge >= 0.3 is 6.36 Å². The van der Waals surface area contributed by atoms with Crippen LogP contribution in [-0.4, -0.2) is 35.1 Å². The summed E-state index contributed by atoms with van der Waals surface area (Å²) in [4.78, 5) is 2.16. The Morgan fingerprint density at radius 1 is 1.16 bits per heavy atom. The van der Waals surface area contributed by atoms with Crippen LogP contribution in [0.3, 0.4) is 0 Å². The lowest BCUT2D eigenvalue weighted by Gasteiger charge is -2.40. The third-order valence-corrected chi connectivity index (χ3v) is 5.00. The van der Waals surface area contributed by atoms with Gasteiger partial charge in [0.1, 0.15) is 5.75 Å². The number of hydrogen-bond donors (Lipinski definition) is 2. The van der Waals surface area contributed by atoms with E-state index in [1.54, 1.807) is 6.07 Å². The first-order valence-corrected chi connectivity index (χ1v) is 7.91. The summed E-state index contributed by atoms with van der Waals surface area (Å²) >= 11 is 0. The van der Waals surface area contributed by atoms with Gasteiger partial charge in [-0.2, -0.15) is 0 Å². The zero-order chi connectivity index (χ0) is 17.9. The standard InChI is InChI=1S/C18H16F3NO3/c1-22-5-4-10-6-11(25-18(19,20)21)8-12-15(10)13(22)7-9-2-3-14(23)17(24)16(9)12/h2-3,6,8,13,23-24H,4-5,7H2,1H3/t13-/m1/s1. The zero-order valence-corrected chi connectivity index (χ0v) is 13.4. The molecule has 1 heterocycles. The smallest absolute Gasteiger partial charge is 0.504 e. The summed E-state index contributed by atoms with van der Waals surface area (Å²) in [5, 5.41) is 20.2. The summed E-state index contributed by atoms with van der Waals surface area (Å²) in [6, 6.07) is 5.86. The van der Waals surface area contributed by atoms with Crippen LogP contribution in [0.25, 0.3) is 11.1 Å². The highest BCUT2D eigenvalue weighted by Gasteiger charge is 2.37. The molecule has 0 radical (unpaired) electrons. The Hall–Kier alpha value is -2.41. The minimum Gasteiger partial charge on any atom is -0.504 e. The minimum absolute atomic E-state index is 0.0233. The van der Waals surface area contributed by atoms with Gasteiger partial charge in [0, 0.05) is 18.2 Å². The van der Waals surface area contributed by atoms with Crippen molar-refractivity contribution in [2.24, 2.45) is 0 Å². The van der Waals surface area contributed by atoms with Crippen molar-refractivity contribution in [2.75, 3.05) is 13.6 Å². The molecule has 0 saturated carbocycles. The Morgan fingerprint density at radius 3 is 2.64 bits per heavy atom. The highest BCUT2D eigenvalue weighted by atomic mass is 19.4. The van der Waals surface area contributed by atoms with Crippen molar-refractivity contribution in [3.8, 4) is 28.4 Å². The third kappa shape index (κ3) is 2.59. The van der Waals surface area contributed by atoms with E-state index in [0.29, 0.717) is 24.0 Å². The number of rotatable bonds is 1. The first-order chi connectivity index (χ1) is 11.7. The third-order valence-electron chi connectivity index (χ3n) is 5.00. The molecule has 2 N–H and O–H groups in total. The molecule has 0 amide bonds. The number of benzene rings is 2. The van der Waals surface area contributed by atoms with Gasteiger partial charge in [0.05, 0.1) is 0 Å². The molecule has 1 atom stereocenters. The number of halogens is 3. The summed E-state index contributed by atoms with van der Waals surface area (Å²) in [5.41, 5.74) is 3.35. The van der Waals surface area contributed by atoms with Gasteiger partial charge in [-0.1, -0.05) is 6.07 Å². The first-order valence-electron chi connectivity index (χ1n) is 7.91. The maximum atomic E-state index is 12.7. The predicted molar refractivity (Wildman–Crippen MR) is 84.7 cm³/mol. The second kappa shape index (κ2) is 5.29. The van der Waals surface area contributed by atoms with Gasteiger partial charge < -0.3 is 14.9 Å². The van der Waals surface area contributed by atoms with Gasteiger partial charge in [0.25, 0.3) is 0 Å². The molecule has 2 aliphatic rings. The number of nitrogens with zero attached hydrogens (tertiary/aromatic N) is 1. The summed E-state index contributed by atoms with van der Waals surface area (Å²) < 4.78 is 42.2. The largest absolute Gasteiger partial charge is 0.573 e. The van der Waals surface area contributed by atoms with Gasteiger partial charge in [-0.25, -0.2) is 0 Å². The average Bonchev–Trinajstić information content (AvgIpc) is 2.52. The fraction of sp³-hybridized carbons (Fsp3) is 0.333. The first kappa shape index (κ1) is 16.1. The molecule has 0 spiro atoms. The van der Waals surface area contributed by atoms with Crippen LogP contribution in [0.15, 0.2) is 24.3 Å². The Bertz CT molecular complexity index is 864. The normalized spacial score (nSPS) is 19.3. The van der Waals surface area contributed by atoms with Crippen molar-refractivity contribution in [1.29, 1.82) is 0 Å². The predicted octanol–water partition coefficient (Wildman–Crippen LogP) is 3.75. The molecule has 7 heteroatoms. The summed E-state index contributed by atoms with van der Waals surface area (Å²) in [6.45, 7) is 0.728. The van der Waals surface area contributed by atoms with E-state index in [1.165, 1.54) is 18.2 Å². The van der Waals surface area contributed by atoms with Crippen molar-refractivity contribution in [2.45, 2.75) is 25.2 Å². The highest BCUT2D eigenvalue weighted by molar-refractivity contribution is 5.83. The molecule has 0 aromatic heterocycles. The lowest BCUT2D eigenvalue weighted by molar-refractivity contribution is -0.274. The molecule has 132 valence electrons. The van der Waals surface area contributed by atoms with Crippen LogP contribution in [0.4, 0.5) is 13.2 Å². The molecule has 4 rings (SSSR count). The highest BCUT2D eigenvalue weighted by Crippen LogP contribution is 2.51. The summed E-state index contributed by atoms with van der Waals surface area (Å²) in [6.07, 6.45) is -3.57. The molecule has 1 aliphatic carbocycles. The maximum absolute atomic E-state index is 12.7. The average molecular weight is 351 g/mol. The van der Waals surface area contributed by atoms with Gasteiger partial charge in [-0.3, -0.25) is 4.90 Å². The Kier molecular flexibility index (Phi) is 3.40. The SMILES string of the molecule is CN1CCc2cc(OC(F)(F)F)cc3c2[C@H]1Cc1ccc(O)c(O)c1-3. The van der Waals surface area contributed by atoms with E-state index in [9.17, 15) is 23.4 Å². The molecule has 0 bridgehead atoms. The van der Waals surface area contributed by atoms with Gasteiger partial charge in [0.15, 0.2) is 11.5 Å². The fourth-order valence-corrected chi connectivity index (χ4v) is 3.92. The molecule has 0 saturated heterocycles. The molecule has 25 heavy (non-hydrogen) atoms. The van der Waals surface area contributed by atoms with E-state index in [2.05, 4.69) is 9.64 Å². The fourth-order valence-electron chi connectivity index (χ4n) is 3.92. The van der Waals surface area contributed by atoms with E-state index < -0.39 is 6.36 Å². The van der Waals surface area contributed by atoms with Crippen LogP contribution in [0, 0.1) is 0 Å². The monoisotopic (exact) mass is 351 g/mol. The van der Waals surface area contributed by atoms with Crippen LogP contribution < -0.4 is 4.74 Å². The van der Waals surface area contributed by atoms with Gasteiger partial charge in [-0.05, 0) is 60.3 Å². The van der Waals surface area contributed by atoms with Crippen LogP contribution in [0.5, 0.6) is 17.2 Å². The van der Waals surface area contributed by atoms with E-state index in [0.717, 1.165) is 23.2 Å². The Morgan fingerprint density at radius 2 is 1.92 bits per heavy atom. The number of hydrogen-bond acceptors (Lipinski definition) is 4. The van der Waals surface area contributed by atoms with Crippen molar-refractivity contribution >= 4 is 0 Å². The molecule has 2 aromatic rings. The second-order valence-corrected chi connectivity index (χ2v) is 6.51. The molecule has 0 unspecified atom stereocenters. The summed E-state index contributed by atoms with van der Waals surface area (Å²) in [5.74, 6) is -0.909. The topological polar surface area (TPSA) is 52.9 Å². The van der Waals surface area contributed by atoms with Crippen LogP contribution in [0.2, 0.25) is 0 Å². The van der Waals surface area contributed by atoms with Crippen LogP contribution >= 0.6 is 0 Å². The van der Waals surface area contributed by atoms with Gasteiger partial charge in [-0.15, -0.1) is 13.2 Å². The lowest BCUT2D eigenvalue weighted by Crippen LogP contribution is -2.35. The molecule has 0 fully saturated rings. The lowest BCUT2D eigenvalue weighted by atomic mass is 9.76. The second-order valence-electron chi connectivity index (χ2n) is 6.51. The summed E-state index contributed by atoms with van der Waals surface area (Å²) in [7, 11) is 1.97. The number of likely N-dealkylation sites (N-methyl/N-ethyl adjacent to an activating group) is 1. The van der Waals surface area contributed by atoms with Crippen molar-refractivity contribution < 1.29 is 28.1 Å².